The Kier molecular flexibility index (Phi) is 11.2. The molecule has 3 aromatic carbocycles. The second kappa shape index (κ2) is 14.4. The van der Waals surface area contributed by atoms with Gasteiger partial charge in [0, 0.05) is 23.1 Å². The lowest BCUT2D eigenvalue weighted by Crippen LogP contribution is -2.52. The maximum atomic E-state index is 14.0. The van der Waals surface area contributed by atoms with E-state index in [1.807, 2.05) is 6.92 Å². The maximum Gasteiger partial charge on any atom is 0.264 e. The highest BCUT2D eigenvalue weighted by molar-refractivity contribution is 7.92. The summed E-state index contributed by atoms with van der Waals surface area (Å²) >= 11 is 12.4. The van der Waals surface area contributed by atoms with Crippen LogP contribution in [-0.4, -0.2) is 51.4 Å². The third-order valence-electron chi connectivity index (χ3n) is 6.19. The topological polar surface area (TPSA) is 96.0 Å². The molecular formula is C29H33Cl2N3O5S. The van der Waals surface area contributed by atoms with Gasteiger partial charge >= 0.3 is 0 Å². The molecule has 0 saturated heterocycles. The number of nitrogens with zero attached hydrogens (tertiary/aromatic N) is 2. The number of sulfonamides is 1. The van der Waals surface area contributed by atoms with E-state index in [1.54, 1.807) is 56.5 Å². The molecule has 0 unspecified atom stereocenters. The maximum absolute atomic E-state index is 14.0. The number of nitrogens with one attached hydrogen (secondary N) is 1. The van der Waals surface area contributed by atoms with E-state index in [-0.39, 0.29) is 33.1 Å². The van der Waals surface area contributed by atoms with Crippen LogP contribution in [0.3, 0.4) is 0 Å². The van der Waals surface area contributed by atoms with E-state index in [0.29, 0.717) is 18.7 Å². The number of hydrogen-bond acceptors (Lipinski definition) is 5. The van der Waals surface area contributed by atoms with Gasteiger partial charge in [0.15, 0.2) is 0 Å². The average molecular weight is 607 g/mol. The van der Waals surface area contributed by atoms with E-state index in [2.05, 4.69) is 5.32 Å². The summed E-state index contributed by atoms with van der Waals surface area (Å²) in [6.07, 6.45) is 1.05. The van der Waals surface area contributed by atoms with Gasteiger partial charge in [-0.05, 0) is 60.9 Å². The van der Waals surface area contributed by atoms with Crippen molar-refractivity contribution in [3.63, 3.8) is 0 Å². The molecule has 1 N–H and O–H groups in total. The Morgan fingerprint density at radius 2 is 1.57 bits per heavy atom. The van der Waals surface area contributed by atoms with Crippen LogP contribution in [-0.2, 0) is 26.2 Å². The molecule has 1 atom stereocenters. The molecule has 40 heavy (non-hydrogen) atoms. The molecule has 0 saturated carbocycles. The van der Waals surface area contributed by atoms with Crippen molar-refractivity contribution >= 4 is 50.7 Å². The molecule has 0 radical (unpaired) electrons. The molecule has 0 aromatic heterocycles. The minimum Gasteiger partial charge on any atom is -0.497 e. The third kappa shape index (κ3) is 7.90. The fraction of sp³-hybridized carbons (Fsp3) is 0.310. The first-order valence-corrected chi connectivity index (χ1v) is 15.0. The van der Waals surface area contributed by atoms with Crippen molar-refractivity contribution in [3.05, 3.63) is 88.4 Å². The molecule has 0 aliphatic rings. The van der Waals surface area contributed by atoms with Crippen LogP contribution in [0.5, 0.6) is 5.75 Å². The highest BCUT2D eigenvalue weighted by atomic mass is 35.5. The van der Waals surface area contributed by atoms with Crippen LogP contribution in [0.4, 0.5) is 5.69 Å². The Labute approximate surface area is 245 Å². The standard InChI is InChI=1S/C29H33Cl2N3O5S/c1-4-15-32-29(36)27(5-2)33(19-21-11-13-25(39-3)14-12-21)28(35)20-34(24-17-22(30)16-23(31)18-24)40(37,38)26-9-7-6-8-10-26/h6-14,16-18,27H,4-5,15,19-20H2,1-3H3,(H,32,36)/t27-/m1/s1. The molecule has 3 aromatic rings. The van der Waals surface area contributed by atoms with Gasteiger partial charge in [-0.15, -0.1) is 0 Å². The molecular weight excluding hydrogens is 573 g/mol. The highest BCUT2D eigenvalue weighted by Crippen LogP contribution is 2.30. The number of ether oxygens (including phenoxy) is 1. The number of anilines is 1. The Morgan fingerprint density at radius 1 is 0.950 bits per heavy atom. The van der Waals surface area contributed by atoms with Gasteiger partial charge in [0.25, 0.3) is 10.0 Å². The molecule has 8 nitrogen and oxygen atoms in total. The number of hydrogen-bond donors (Lipinski definition) is 1. The van der Waals surface area contributed by atoms with Crippen molar-refractivity contribution in [2.75, 3.05) is 24.5 Å². The van der Waals surface area contributed by atoms with Crippen LogP contribution in [0.15, 0.2) is 77.7 Å². The first-order valence-electron chi connectivity index (χ1n) is 12.8. The second-order valence-electron chi connectivity index (χ2n) is 9.04. The van der Waals surface area contributed by atoms with Gasteiger partial charge in [0.05, 0.1) is 17.7 Å². The van der Waals surface area contributed by atoms with Crippen molar-refractivity contribution in [2.24, 2.45) is 0 Å². The Balaban J connectivity index is 2.06. The van der Waals surface area contributed by atoms with Crippen LogP contribution in [0, 0.1) is 0 Å². The number of benzene rings is 3. The minimum absolute atomic E-state index is 0.00617. The van der Waals surface area contributed by atoms with E-state index in [0.717, 1.165) is 16.3 Å². The van der Waals surface area contributed by atoms with Gasteiger partial charge in [-0.25, -0.2) is 8.42 Å². The summed E-state index contributed by atoms with van der Waals surface area (Å²) < 4.78 is 33.9. The average Bonchev–Trinajstić information content (AvgIpc) is 2.94. The van der Waals surface area contributed by atoms with Crippen LogP contribution < -0.4 is 14.4 Å². The van der Waals surface area contributed by atoms with E-state index in [9.17, 15) is 18.0 Å². The summed E-state index contributed by atoms with van der Waals surface area (Å²) in [4.78, 5) is 28.6. The van der Waals surface area contributed by atoms with Crippen molar-refractivity contribution in [1.82, 2.24) is 10.2 Å². The van der Waals surface area contributed by atoms with Crippen LogP contribution >= 0.6 is 23.2 Å². The number of halogens is 2. The van der Waals surface area contributed by atoms with E-state index >= 15 is 0 Å². The summed E-state index contributed by atoms with van der Waals surface area (Å²) in [6, 6.07) is 18.4. The molecule has 0 heterocycles. The second-order valence-corrected chi connectivity index (χ2v) is 11.8. The molecule has 0 spiro atoms. The van der Waals surface area contributed by atoms with Crippen molar-refractivity contribution < 1.29 is 22.7 Å². The highest BCUT2D eigenvalue weighted by Gasteiger charge is 2.33. The first-order chi connectivity index (χ1) is 19.1. The monoisotopic (exact) mass is 605 g/mol. The van der Waals surface area contributed by atoms with Crippen LogP contribution in [0.2, 0.25) is 10.0 Å². The van der Waals surface area contributed by atoms with Gasteiger partial charge in [-0.2, -0.15) is 0 Å². The minimum atomic E-state index is -4.21. The SMILES string of the molecule is CCCNC(=O)[C@@H](CC)N(Cc1ccc(OC)cc1)C(=O)CN(c1cc(Cl)cc(Cl)c1)S(=O)(=O)c1ccccc1. The van der Waals surface area contributed by atoms with Gasteiger partial charge in [-0.1, -0.05) is 67.4 Å². The molecule has 2 amide bonds. The largest absolute Gasteiger partial charge is 0.497 e. The summed E-state index contributed by atoms with van der Waals surface area (Å²) in [5.74, 6) is -0.230. The Hall–Kier alpha value is -3.27. The summed E-state index contributed by atoms with van der Waals surface area (Å²) in [5, 5.41) is 3.28. The Bertz CT molecular complexity index is 1380. The normalized spacial score (nSPS) is 11.9. The smallest absolute Gasteiger partial charge is 0.264 e. The summed E-state index contributed by atoms with van der Waals surface area (Å²) in [7, 11) is -2.66. The third-order valence-corrected chi connectivity index (χ3v) is 8.42. The van der Waals surface area contributed by atoms with E-state index in [4.69, 9.17) is 27.9 Å². The zero-order valence-corrected chi connectivity index (χ0v) is 25.0. The number of methoxy groups -OCH3 is 1. The number of carbonyl (C=O) groups is 2. The number of rotatable bonds is 13. The number of amides is 2. The molecule has 0 aliphatic heterocycles. The predicted octanol–water partition coefficient (Wildman–Crippen LogP) is 5.53. The molecule has 0 aliphatic carbocycles. The zero-order chi connectivity index (χ0) is 29.3. The van der Waals surface area contributed by atoms with Crippen LogP contribution in [0.1, 0.15) is 32.3 Å². The number of carbonyl (C=O) groups excluding carboxylic acids is 2. The van der Waals surface area contributed by atoms with Crippen molar-refractivity contribution in [2.45, 2.75) is 44.2 Å². The van der Waals surface area contributed by atoms with Gasteiger partial charge in [0.2, 0.25) is 11.8 Å². The fourth-order valence-corrected chi connectivity index (χ4v) is 6.08. The van der Waals surface area contributed by atoms with Gasteiger partial charge < -0.3 is 15.0 Å². The Morgan fingerprint density at radius 3 is 2.12 bits per heavy atom. The lowest BCUT2D eigenvalue weighted by Gasteiger charge is -2.33. The first kappa shape index (κ1) is 31.3. The van der Waals surface area contributed by atoms with Crippen LogP contribution in [0.25, 0.3) is 0 Å². The molecule has 0 fully saturated rings. The van der Waals surface area contributed by atoms with Crippen molar-refractivity contribution in [1.29, 1.82) is 0 Å². The predicted molar refractivity (Wildman–Crippen MR) is 158 cm³/mol. The fourth-order valence-electron chi connectivity index (χ4n) is 4.14. The summed E-state index contributed by atoms with van der Waals surface area (Å²) in [6.45, 7) is 3.69. The zero-order valence-electron chi connectivity index (χ0n) is 22.6. The lowest BCUT2D eigenvalue weighted by atomic mass is 10.1. The molecule has 0 bridgehead atoms. The lowest BCUT2D eigenvalue weighted by molar-refractivity contribution is -0.140. The molecule has 11 heteroatoms. The summed E-state index contributed by atoms with van der Waals surface area (Å²) in [5.41, 5.74) is 0.877. The van der Waals surface area contributed by atoms with E-state index in [1.165, 1.54) is 35.2 Å². The quantitative estimate of drug-likeness (QED) is 0.276. The van der Waals surface area contributed by atoms with E-state index < -0.39 is 28.5 Å². The van der Waals surface area contributed by atoms with Gasteiger partial charge in [0.1, 0.15) is 18.3 Å². The van der Waals surface area contributed by atoms with Crippen molar-refractivity contribution in [3.8, 4) is 5.75 Å². The van der Waals surface area contributed by atoms with Gasteiger partial charge in [-0.3, -0.25) is 13.9 Å². The molecule has 3 rings (SSSR count). The molecule has 214 valence electrons.